The van der Waals surface area contributed by atoms with Gasteiger partial charge in [-0.05, 0) is 12.8 Å². The molecule has 0 aliphatic carbocycles. The fourth-order valence-electron chi connectivity index (χ4n) is 5.89. The minimum absolute atomic E-state index is 0.258. The van der Waals surface area contributed by atoms with Gasteiger partial charge < -0.3 is 14.2 Å². The number of nitrogens with zero attached hydrogens (tertiary/aromatic N) is 3. The van der Waals surface area contributed by atoms with Crippen molar-refractivity contribution in [2.45, 2.75) is 144 Å². The maximum absolute atomic E-state index is 12.8. The van der Waals surface area contributed by atoms with Crippen LogP contribution in [0.25, 0.3) is 5.57 Å². The van der Waals surface area contributed by atoms with Crippen molar-refractivity contribution < 1.29 is 23.5 Å². The van der Waals surface area contributed by atoms with Crippen LogP contribution in [0.4, 0.5) is 4.79 Å². The summed E-state index contributed by atoms with van der Waals surface area (Å²) in [6.45, 7) is 13.5. The van der Waals surface area contributed by atoms with Crippen molar-refractivity contribution in [3.8, 4) is 5.88 Å². The minimum Gasteiger partial charge on any atom is -0.475 e. The molecule has 236 valence electrons. The SMILES string of the molecule is CCCCCCCCCCCCCOC(=O)OC(C(C)(C)C)[N+]1(C)CCC=C(c2nsnc2OCCCCCC)C1. The first-order valence-corrected chi connectivity index (χ1v) is 17.3. The van der Waals surface area contributed by atoms with Crippen LogP contribution in [-0.4, -0.2) is 59.0 Å². The van der Waals surface area contributed by atoms with Crippen LogP contribution < -0.4 is 4.74 Å². The van der Waals surface area contributed by atoms with Crippen LogP contribution in [-0.2, 0) is 9.47 Å². The Labute approximate surface area is 255 Å². The first-order valence-electron chi connectivity index (χ1n) is 16.5. The molecule has 0 saturated heterocycles. The molecule has 1 aromatic rings. The van der Waals surface area contributed by atoms with Crippen LogP contribution in [0.2, 0.25) is 0 Å². The summed E-state index contributed by atoms with van der Waals surface area (Å²) in [5.41, 5.74) is 1.69. The highest BCUT2D eigenvalue weighted by Gasteiger charge is 2.46. The van der Waals surface area contributed by atoms with E-state index in [1.807, 2.05) is 0 Å². The number of rotatable bonds is 21. The van der Waals surface area contributed by atoms with Gasteiger partial charge in [0.05, 0.1) is 43.9 Å². The highest BCUT2D eigenvalue weighted by molar-refractivity contribution is 6.99. The van der Waals surface area contributed by atoms with Gasteiger partial charge in [0.2, 0.25) is 6.23 Å². The van der Waals surface area contributed by atoms with Gasteiger partial charge in [-0.1, -0.05) is 124 Å². The fraction of sp³-hybridized carbons (Fsp3) is 0.848. The molecule has 2 unspecified atom stereocenters. The molecule has 0 N–H and O–H groups in total. The maximum atomic E-state index is 12.8. The van der Waals surface area contributed by atoms with Crippen molar-refractivity contribution in [2.75, 3.05) is 33.4 Å². The Morgan fingerprint density at radius 3 is 2.05 bits per heavy atom. The van der Waals surface area contributed by atoms with E-state index in [1.165, 1.54) is 88.8 Å². The molecule has 0 fully saturated rings. The molecule has 0 radical (unpaired) electrons. The van der Waals surface area contributed by atoms with Crippen LogP contribution in [0, 0.1) is 5.41 Å². The molecule has 2 rings (SSSR count). The van der Waals surface area contributed by atoms with Crippen molar-refractivity contribution in [3.05, 3.63) is 11.8 Å². The Hall–Kier alpha value is -1.67. The molecule has 1 aromatic heterocycles. The summed E-state index contributed by atoms with van der Waals surface area (Å²) in [4.78, 5) is 12.8. The van der Waals surface area contributed by atoms with Crippen LogP contribution >= 0.6 is 11.7 Å². The van der Waals surface area contributed by atoms with Crippen molar-refractivity contribution in [2.24, 2.45) is 5.41 Å². The Kier molecular flexibility index (Phi) is 16.9. The van der Waals surface area contributed by atoms with Crippen molar-refractivity contribution in [3.63, 3.8) is 0 Å². The largest absolute Gasteiger partial charge is 0.512 e. The van der Waals surface area contributed by atoms with E-state index in [4.69, 9.17) is 14.2 Å². The van der Waals surface area contributed by atoms with Crippen molar-refractivity contribution in [1.29, 1.82) is 0 Å². The van der Waals surface area contributed by atoms with Gasteiger partial charge in [-0.3, -0.25) is 4.48 Å². The average molecular weight is 595 g/mol. The van der Waals surface area contributed by atoms with Crippen LogP contribution in [0.15, 0.2) is 6.08 Å². The van der Waals surface area contributed by atoms with Crippen LogP contribution in [0.1, 0.15) is 143 Å². The summed E-state index contributed by atoms with van der Waals surface area (Å²) < 4.78 is 27.3. The predicted molar refractivity (Wildman–Crippen MR) is 170 cm³/mol. The Morgan fingerprint density at radius 2 is 1.44 bits per heavy atom. The second-order valence-electron chi connectivity index (χ2n) is 13.2. The zero-order chi connectivity index (χ0) is 30.0. The summed E-state index contributed by atoms with van der Waals surface area (Å²) in [5.74, 6) is 0.630. The number of quaternary nitrogens is 1. The van der Waals surface area contributed by atoms with E-state index in [1.54, 1.807) is 0 Å². The number of hydrogen-bond donors (Lipinski definition) is 0. The number of ether oxygens (including phenoxy) is 3. The van der Waals surface area contributed by atoms with Gasteiger partial charge in [0.1, 0.15) is 12.2 Å². The van der Waals surface area contributed by atoms with E-state index in [0.29, 0.717) is 30.1 Å². The standard InChI is InChI=1S/C33H60N3O4S/c1-7-9-11-13-14-15-16-17-18-19-21-26-39-32(37)40-31(33(3,4)5)36(6)24-22-23-28(27-36)29-30(35-41-34-29)38-25-20-12-10-8-2/h23,31H,7-22,24-27H2,1-6H3/q+1. The first kappa shape index (κ1) is 35.5. The third-order valence-electron chi connectivity index (χ3n) is 8.04. The van der Waals surface area contributed by atoms with Gasteiger partial charge in [-0.25, -0.2) is 4.79 Å². The van der Waals surface area contributed by atoms with Gasteiger partial charge in [0.25, 0.3) is 5.88 Å². The number of aromatic nitrogens is 2. The zero-order valence-electron chi connectivity index (χ0n) is 27.2. The summed E-state index contributed by atoms with van der Waals surface area (Å²) in [6.07, 6.45) is 20.8. The van der Waals surface area contributed by atoms with E-state index < -0.39 is 6.16 Å². The van der Waals surface area contributed by atoms with Gasteiger partial charge in [0.15, 0.2) is 0 Å². The number of carbonyl (C=O) groups excluding carboxylic acids is 1. The lowest BCUT2D eigenvalue weighted by atomic mass is 9.90. The topological polar surface area (TPSA) is 70.5 Å². The maximum Gasteiger partial charge on any atom is 0.512 e. The molecule has 0 bridgehead atoms. The normalized spacial score (nSPS) is 18.1. The van der Waals surface area contributed by atoms with Gasteiger partial charge in [0, 0.05) is 12.0 Å². The molecule has 0 saturated carbocycles. The molecule has 0 spiro atoms. The van der Waals surface area contributed by atoms with Crippen molar-refractivity contribution >= 4 is 23.5 Å². The van der Waals surface area contributed by atoms with Gasteiger partial charge in [-0.15, -0.1) is 4.37 Å². The lowest BCUT2D eigenvalue weighted by Crippen LogP contribution is -2.61. The minimum atomic E-state index is -0.557. The van der Waals surface area contributed by atoms with E-state index in [9.17, 15) is 4.79 Å². The first-order chi connectivity index (χ1) is 19.7. The molecule has 2 atom stereocenters. The van der Waals surface area contributed by atoms with E-state index in [0.717, 1.165) is 43.5 Å². The van der Waals surface area contributed by atoms with Crippen LogP contribution in [0.3, 0.4) is 0 Å². The molecule has 0 amide bonds. The third-order valence-corrected chi connectivity index (χ3v) is 8.56. The molecular weight excluding hydrogens is 534 g/mol. The van der Waals surface area contributed by atoms with E-state index >= 15 is 0 Å². The fourth-order valence-corrected chi connectivity index (χ4v) is 6.42. The highest BCUT2D eigenvalue weighted by Crippen LogP contribution is 2.37. The summed E-state index contributed by atoms with van der Waals surface area (Å²) in [7, 11) is 2.17. The summed E-state index contributed by atoms with van der Waals surface area (Å²) >= 11 is 1.20. The van der Waals surface area contributed by atoms with Crippen LogP contribution in [0.5, 0.6) is 5.88 Å². The smallest absolute Gasteiger partial charge is 0.475 e. The third kappa shape index (κ3) is 13.5. The van der Waals surface area contributed by atoms with Crippen molar-refractivity contribution in [1.82, 2.24) is 8.75 Å². The highest BCUT2D eigenvalue weighted by atomic mass is 32.1. The molecule has 0 aromatic carbocycles. The zero-order valence-corrected chi connectivity index (χ0v) is 28.0. The summed E-state index contributed by atoms with van der Waals surface area (Å²) in [6, 6.07) is 0. The predicted octanol–water partition coefficient (Wildman–Crippen LogP) is 9.57. The molecule has 8 heteroatoms. The molecule has 41 heavy (non-hydrogen) atoms. The van der Waals surface area contributed by atoms with E-state index in [-0.39, 0.29) is 11.6 Å². The van der Waals surface area contributed by atoms with Gasteiger partial charge in [-0.2, -0.15) is 4.37 Å². The van der Waals surface area contributed by atoms with E-state index in [2.05, 4.69) is 56.5 Å². The quantitative estimate of drug-likeness (QED) is 0.0802. The molecule has 7 nitrogen and oxygen atoms in total. The Bertz CT molecular complexity index is 882. The average Bonchev–Trinajstić information content (AvgIpc) is 3.40. The summed E-state index contributed by atoms with van der Waals surface area (Å²) in [5, 5.41) is 0. The second-order valence-corrected chi connectivity index (χ2v) is 13.7. The Morgan fingerprint density at radius 1 is 0.878 bits per heavy atom. The number of unbranched alkanes of at least 4 members (excludes halogenated alkanes) is 13. The number of hydrogen-bond acceptors (Lipinski definition) is 7. The molecule has 1 aliphatic heterocycles. The Balaban J connectivity index is 1.80. The molecular formula is C33H60N3O4S+. The molecule has 2 heterocycles. The molecule has 1 aliphatic rings. The monoisotopic (exact) mass is 594 g/mol. The number of likely N-dealkylation sites (N-methyl/N-ethyl adjacent to an activating group) is 1. The lowest BCUT2D eigenvalue weighted by molar-refractivity contribution is -0.954. The van der Waals surface area contributed by atoms with Gasteiger partial charge >= 0.3 is 6.16 Å². The lowest BCUT2D eigenvalue weighted by Gasteiger charge is -2.47. The number of carbonyl (C=O) groups is 1. The second kappa shape index (κ2) is 19.5.